The lowest BCUT2D eigenvalue weighted by Crippen LogP contribution is -2.30. The third-order valence-electron chi connectivity index (χ3n) is 15.1. The van der Waals surface area contributed by atoms with Gasteiger partial charge in [0.1, 0.15) is 13.2 Å². The predicted octanol–water partition coefficient (Wildman–Crippen LogP) is 24.0. The molecule has 0 bridgehead atoms. The summed E-state index contributed by atoms with van der Waals surface area (Å²) in [4.78, 5) is 38.3. The van der Waals surface area contributed by atoms with Gasteiger partial charge < -0.3 is 14.2 Å². The molecule has 0 heterocycles. The Morgan fingerprint density at radius 2 is 0.481 bits per heavy atom. The molecule has 0 rings (SSSR count). The summed E-state index contributed by atoms with van der Waals surface area (Å²) in [5.74, 6) is -0.879. The lowest BCUT2D eigenvalue weighted by molar-refractivity contribution is -0.167. The first-order valence-corrected chi connectivity index (χ1v) is 34.7. The summed E-state index contributed by atoms with van der Waals surface area (Å²) < 4.78 is 16.9. The molecule has 1 atom stereocenters. The maximum Gasteiger partial charge on any atom is 0.306 e. The third-order valence-corrected chi connectivity index (χ3v) is 15.1. The molecule has 0 aromatic rings. The van der Waals surface area contributed by atoms with Crippen LogP contribution in [-0.4, -0.2) is 37.2 Å². The number of rotatable bonds is 63. The Balaban J connectivity index is 4.12. The van der Waals surface area contributed by atoms with Crippen LogP contribution in [0.15, 0.2) is 97.2 Å². The Kier molecular flexibility index (Phi) is 65.7. The van der Waals surface area contributed by atoms with Crippen molar-refractivity contribution in [1.29, 1.82) is 0 Å². The molecule has 0 aromatic carbocycles. The summed E-state index contributed by atoms with van der Waals surface area (Å²) in [6, 6.07) is 0. The lowest BCUT2D eigenvalue weighted by atomic mass is 10.0. The van der Waals surface area contributed by atoms with E-state index >= 15 is 0 Å². The number of allylic oxidation sites excluding steroid dienone is 16. The smallest absolute Gasteiger partial charge is 0.306 e. The molecule has 0 aliphatic heterocycles. The maximum absolute atomic E-state index is 12.9. The van der Waals surface area contributed by atoms with E-state index in [0.29, 0.717) is 19.3 Å². The Morgan fingerprint density at radius 1 is 0.259 bits per heavy atom. The van der Waals surface area contributed by atoms with Crippen molar-refractivity contribution in [3.63, 3.8) is 0 Å². The fourth-order valence-corrected chi connectivity index (χ4v) is 9.89. The van der Waals surface area contributed by atoms with Crippen molar-refractivity contribution in [3.8, 4) is 0 Å². The minimum absolute atomic E-state index is 0.0784. The van der Waals surface area contributed by atoms with Gasteiger partial charge in [-0.1, -0.05) is 317 Å². The molecule has 0 saturated heterocycles. The number of carbonyl (C=O) groups is 3. The van der Waals surface area contributed by atoms with E-state index in [0.717, 1.165) is 116 Å². The van der Waals surface area contributed by atoms with Crippen LogP contribution in [0.1, 0.15) is 342 Å². The lowest BCUT2D eigenvalue weighted by Gasteiger charge is -2.18. The van der Waals surface area contributed by atoms with Gasteiger partial charge in [-0.3, -0.25) is 14.4 Å². The van der Waals surface area contributed by atoms with Crippen LogP contribution in [0, 0.1) is 0 Å². The molecule has 0 N–H and O–H groups in total. The molecule has 0 aliphatic rings. The van der Waals surface area contributed by atoms with Gasteiger partial charge in [0.05, 0.1) is 0 Å². The molecule has 6 heteroatoms. The summed E-state index contributed by atoms with van der Waals surface area (Å²) in [7, 11) is 0. The predicted molar refractivity (Wildman–Crippen MR) is 353 cm³/mol. The molecule has 6 nitrogen and oxygen atoms in total. The van der Waals surface area contributed by atoms with Gasteiger partial charge in [-0.15, -0.1) is 0 Å². The molecule has 0 fully saturated rings. The highest BCUT2D eigenvalue weighted by Crippen LogP contribution is 2.17. The highest BCUT2D eigenvalue weighted by atomic mass is 16.6. The van der Waals surface area contributed by atoms with Crippen molar-refractivity contribution in [3.05, 3.63) is 97.2 Å². The van der Waals surface area contributed by atoms with Crippen LogP contribution in [-0.2, 0) is 28.6 Å². The molecule has 1 unspecified atom stereocenters. The van der Waals surface area contributed by atoms with Crippen LogP contribution >= 0.6 is 0 Å². The van der Waals surface area contributed by atoms with Gasteiger partial charge in [0.25, 0.3) is 0 Å². The highest BCUT2D eigenvalue weighted by Gasteiger charge is 2.19. The van der Waals surface area contributed by atoms with Gasteiger partial charge in [0.2, 0.25) is 0 Å². The molecule has 0 radical (unpaired) electrons. The van der Waals surface area contributed by atoms with Crippen molar-refractivity contribution >= 4 is 17.9 Å². The maximum atomic E-state index is 12.9. The molecule has 81 heavy (non-hydrogen) atoms. The first-order valence-electron chi connectivity index (χ1n) is 34.7. The van der Waals surface area contributed by atoms with Crippen molar-refractivity contribution < 1.29 is 28.6 Å². The van der Waals surface area contributed by atoms with E-state index in [1.165, 1.54) is 186 Å². The Morgan fingerprint density at radius 3 is 0.753 bits per heavy atom. The molecule has 466 valence electrons. The quantitative estimate of drug-likeness (QED) is 0.0261. The number of ether oxygens (including phenoxy) is 3. The van der Waals surface area contributed by atoms with E-state index in [9.17, 15) is 14.4 Å². The van der Waals surface area contributed by atoms with Crippen LogP contribution in [0.2, 0.25) is 0 Å². The summed E-state index contributed by atoms with van der Waals surface area (Å²) >= 11 is 0. The Labute approximate surface area is 502 Å². The summed E-state index contributed by atoms with van der Waals surface area (Å²) in [6.07, 6.45) is 93.0. The normalized spacial score (nSPS) is 12.7. The SMILES string of the molecule is CC/C=C\C/C=C\C/C=C\C/C=C\C/C=C\CCCCCCCCCCCCCCCCCCCC(=O)OCC(COC(=O)CCCCCCCCCCC)OC(=O)CCCCCCCC/C=C\C/C=C\C/C=C\CCCCCCC. The first kappa shape index (κ1) is 77.3. The summed E-state index contributed by atoms with van der Waals surface area (Å²) in [5, 5.41) is 0. The molecule has 0 spiro atoms. The molecular formula is C75H130O6. The summed E-state index contributed by atoms with van der Waals surface area (Å²) in [6.45, 7) is 6.52. The number of esters is 3. The van der Waals surface area contributed by atoms with Crippen LogP contribution in [0.3, 0.4) is 0 Å². The van der Waals surface area contributed by atoms with E-state index in [-0.39, 0.29) is 31.1 Å². The minimum Gasteiger partial charge on any atom is -0.462 e. The van der Waals surface area contributed by atoms with Gasteiger partial charge in [-0.05, 0) is 103 Å². The second kappa shape index (κ2) is 68.8. The van der Waals surface area contributed by atoms with Crippen LogP contribution < -0.4 is 0 Å². The van der Waals surface area contributed by atoms with Crippen molar-refractivity contribution in [2.75, 3.05) is 13.2 Å². The Hall–Kier alpha value is -3.67. The van der Waals surface area contributed by atoms with Crippen molar-refractivity contribution in [2.24, 2.45) is 0 Å². The molecular weight excluding hydrogens is 997 g/mol. The van der Waals surface area contributed by atoms with Gasteiger partial charge in [-0.25, -0.2) is 0 Å². The molecule has 0 amide bonds. The second-order valence-corrected chi connectivity index (χ2v) is 23.1. The standard InChI is InChI=1S/C75H130O6/c1-4-7-10-13-16-19-21-23-25-27-29-31-32-33-34-35-36-37-38-39-40-41-42-44-45-47-49-51-53-56-59-62-65-68-74(77)80-71-72(70-79-73(76)67-64-61-58-55-18-15-12-9-6-3)81-75(78)69-66-63-60-57-54-52-50-48-46-43-30-28-26-24-22-20-17-14-11-8-5-2/h7,10,16,19,22-25,28-31,33-34,46,48,72H,4-6,8-9,11-15,17-18,20-21,26-27,32,35-45,47,49-71H2,1-3H3/b10-7-,19-16-,24-22-,25-23-,30-28-,31-29-,34-33-,48-46-. The largest absolute Gasteiger partial charge is 0.462 e. The number of unbranched alkanes of at least 4 members (excludes halogenated alkanes) is 36. The monoisotopic (exact) mass is 1130 g/mol. The number of carbonyl (C=O) groups excluding carboxylic acids is 3. The fourth-order valence-electron chi connectivity index (χ4n) is 9.89. The zero-order valence-electron chi connectivity index (χ0n) is 53.5. The van der Waals surface area contributed by atoms with E-state index in [1.54, 1.807) is 0 Å². The van der Waals surface area contributed by atoms with Crippen molar-refractivity contribution in [1.82, 2.24) is 0 Å². The fraction of sp³-hybridized carbons (Fsp3) is 0.747. The number of hydrogen-bond acceptors (Lipinski definition) is 6. The van der Waals surface area contributed by atoms with E-state index in [1.807, 2.05) is 0 Å². The molecule has 0 aliphatic carbocycles. The number of hydrogen-bond donors (Lipinski definition) is 0. The minimum atomic E-state index is -0.782. The van der Waals surface area contributed by atoms with E-state index < -0.39 is 6.10 Å². The van der Waals surface area contributed by atoms with Gasteiger partial charge >= 0.3 is 17.9 Å². The zero-order chi connectivity index (χ0) is 58.5. The molecule has 0 saturated carbocycles. The average Bonchev–Trinajstić information content (AvgIpc) is 3.47. The Bertz CT molecular complexity index is 1580. The molecule has 0 aromatic heterocycles. The van der Waals surface area contributed by atoms with Gasteiger partial charge in [-0.2, -0.15) is 0 Å². The van der Waals surface area contributed by atoms with Crippen LogP contribution in [0.25, 0.3) is 0 Å². The average molecular weight is 1130 g/mol. The topological polar surface area (TPSA) is 78.9 Å². The van der Waals surface area contributed by atoms with Crippen LogP contribution in [0.4, 0.5) is 0 Å². The summed E-state index contributed by atoms with van der Waals surface area (Å²) in [5.41, 5.74) is 0. The van der Waals surface area contributed by atoms with Crippen molar-refractivity contribution in [2.45, 2.75) is 348 Å². The van der Waals surface area contributed by atoms with E-state index in [2.05, 4.69) is 118 Å². The van der Waals surface area contributed by atoms with Gasteiger partial charge in [0, 0.05) is 19.3 Å². The highest BCUT2D eigenvalue weighted by molar-refractivity contribution is 5.71. The van der Waals surface area contributed by atoms with Gasteiger partial charge in [0.15, 0.2) is 6.10 Å². The third kappa shape index (κ3) is 67.0. The van der Waals surface area contributed by atoms with E-state index in [4.69, 9.17) is 14.2 Å². The first-order chi connectivity index (χ1) is 40.0. The van der Waals surface area contributed by atoms with Crippen LogP contribution in [0.5, 0.6) is 0 Å². The second-order valence-electron chi connectivity index (χ2n) is 23.1. The zero-order valence-corrected chi connectivity index (χ0v) is 53.5.